The van der Waals surface area contributed by atoms with Crippen molar-refractivity contribution in [1.82, 2.24) is 0 Å². The zero-order valence-electron chi connectivity index (χ0n) is 14.8. The molecule has 26 heavy (non-hydrogen) atoms. The van der Waals surface area contributed by atoms with Gasteiger partial charge in [0.05, 0.1) is 10.1 Å². The maximum Gasteiger partial charge on any atom is 0.335 e. The summed E-state index contributed by atoms with van der Waals surface area (Å²) in [5.74, 6) is -0.240. The van der Waals surface area contributed by atoms with Gasteiger partial charge in [0, 0.05) is 10.9 Å². The summed E-state index contributed by atoms with van der Waals surface area (Å²) in [6.45, 7) is 4.14. The second-order valence-electron chi connectivity index (χ2n) is 6.29. The number of fused-ring (bicyclic) bond motifs is 1. The molecular weight excluding hydrogens is 344 g/mol. The van der Waals surface area contributed by atoms with Crippen LogP contribution in [0.4, 0.5) is 0 Å². The van der Waals surface area contributed by atoms with Gasteiger partial charge in [0.2, 0.25) is 0 Å². The summed E-state index contributed by atoms with van der Waals surface area (Å²) in [6, 6.07) is 13.0. The SMILES string of the molecule is CCCc1c(C=Cc2cccc(C)c2)oc2ccc(C(=O)O)cc2c1=S. The summed E-state index contributed by atoms with van der Waals surface area (Å²) < 4.78 is 6.73. The molecule has 0 spiro atoms. The van der Waals surface area contributed by atoms with Crippen LogP contribution in [0.3, 0.4) is 0 Å². The van der Waals surface area contributed by atoms with Crippen molar-refractivity contribution >= 4 is 41.3 Å². The van der Waals surface area contributed by atoms with Gasteiger partial charge in [-0.25, -0.2) is 4.79 Å². The predicted octanol–water partition coefficient (Wildman–Crippen LogP) is 6.29. The lowest BCUT2D eigenvalue weighted by atomic mass is 10.0. The van der Waals surface area contributed by atoms with Gasteiger partial charge in [-0.15, -0.1) is 0 Å². The summed E-state index contributed by atoms with van der Waals surface area (Å²) in [5, 5.41) is 9.90. The van der Waals surface area contributed by atoms with Crippen molar-refractivity contribution in [2.45, 2.75) is 26.7 Å². The fourth-order valence-electron chi connectivity index (χ4n) is 2.95. The normalized spacial score (nSPS) is 11.3. The second-order valence-corrected chi connectivity index (χ2v) is 6.70. The lowest BCUT2D eigenvalue weighted by Gasteiger charge is -2.09. The van der Waals surface area contributed by atoms with Crippen LogP contribution in [0.25, 0.3) is 23.1 Å². The van der Waals surface area contributed by atoms with E-state index in [0.717, 1.165) is 29.7 Å². The fourth-order valence-corrected chi connectivity index (χ4v) is 3.31. The van der Waals surface area contributed by atoms with Crippen LogP contribution < -0.4 is 0 Å². The molecule has 0 saturated heterocycles. The molecule has 0 saturated carbocycles. The number of hydrogen-bond acceptors (Lipinski definition) is 3. The molecule has 0 aliphatic rings. The van der Waals surface area contributed by atoms with Gasteiger partial charge in [-0.2, -0.15) is 0 Å². The Morgan fingerprint density at radius 1 is 1.19 bits per heavy atom. The first-order valence-corrected chi connectivity index (χ1v) is 8.98. The van der Waals surface area contributed by atoms with Crippen LogP contribution in [0, 0.1) is 11.4 Å². The van der Waals surface area contributed by atoms with Crippen LogP contribution in [0.1, 0.15) is 46.2 Å². The van der Waals surface area contributed by atoms with E-state index in [2.05, 4.69) is 26.0 Å². The van der Waals surface area contributed by atoms with Crippen LogP contribution >= 0.6 is 12.2 Å². The van der Waals surface area contributed by atoms with E-state index in [1.165, 1.54) is 11.6 Å². The molecule has 3 rings (SSSR count). The van der Waals surface area contributed by atoms with E-state index < -0.39 is 5.97 Å². The number of carboxylic acid groups (broad SMARTS) is 1. The van der Waals surface area contributed by atoms with Crippen LogP contribution in [0.15, 0.2) is 46.9 Å². The van der Waals surface area contributed by atoms with Crippen molar-refractivity contribution in [1.29, 1.82) is 0 Å². The van der Waals surface area contributed by atoms with Crippen LogP contribution in [0.5, 0.6) is 0 Å². The summed E-state index contributed by atoms with van der Waals surface area (Å²) in [4.78, 5) is 11.2. The molecule has 2 aromatic carbocycles. The van der Waals surface area contributed by atoms with E-state index in [1.807, 2.05) is 24.3 Å². The molecule has 1 aromatic heterocycles. The highest BCUT2D eigenvalue weighted by atomic mass is 32.1. The van der Waals surface area contributed by atoms with Gasteiger partial charge in [0.15, 0.2) is 0 Å². The Kier molecular flexibility index (Phi) is 5.33. The second kappa shape index (κ2) is 7.67. The van der Waals surface area contributed by atoms with Crippen molar-refractivity contribution in [3.05, 3.63) is 75.0 Å². The summed E-state index contributed by atoms with van der Waals surface area (Å²) in [5.41, 5.74) is 4.05. The van der Waals surface area contributed by atoms with E-state index in [4.69, 9.17) is 16.6 Å². The van der Waals surface area contributed by atoms with Crippen molar-refractivity contribution in [2.24, 2.45) is 0 Å². The number of carbonyl (C=O) groups is 1. The average molecular weight is 364 g/mol. The first-order chi connectivity index (χ1) is 12.5. The van der Waals surface area contributed by atoms with E-state index in [1.54, 1.807) is 12.1 Å². The van der Waals surface area contributed by atoms with Gasteiger partial charge in [0.1, 0.15) is 11.3 Å². The molecule has 0 fully saturated rings. The van der Waals surface area contributed by atoms with Gasteiger partial charge < -0.3 is 9.52 Å². The molecule has 3 nitrogen and oxygen atoms in total. The lowest BCUT2D eigenvalue weighted by Crippen LogP contribution is -1.97. The Hall–Kier alpha value is -2.72. The quantitative estimate of drug-likeness (QED) is 0.540. The summed E-state index contributed by atoms with van der Waals surface area (Å²) in [6.07, 6.45) is 5.66. The van der Waals surface area contributed by atoms with Crippen molar-refractivity contribution < 1.29 is 14.3 Å². The Morgan fingerprint density at radius 2 is 2.00 bits per heavy atom. The Balaban J connectivity index is 2.15. The molecule has 0 aliphatic carbocycles. The Bertz CT molecular complexity index is 1060. The van der Waals surface area contributed by atoms with Gasteiger partial charge in [-0.05, 0) is 43.2 Å². The number of hydrogen-bond donors (Lipinski definition) is 1. The van der Waals surface area contributed by atoms with E-state index in [9.17, 15) is 9.90 Å². The molecule has 1 heterocycles. The molecule has 1 N–H and O–H groups in total. The third-order valence-corrected chi connectivity index (χ3v) is 4.70. The molecule has 0 unspecified atom stereocenters. The maximum atomic E-state index is 11.2. The van der Waals surface area contributed by atoms with Crippen molar-refractivity contribution in [3.63, 3.8) is 0 Å². The van der Waals surface area contributed by atoms with Gasteiger partial charge >= 0.3 is 5.97 Å². The predicted molar refractivity (Wildman–Crippen MR) is 108 cm³/mol. The van der Waals surface area contributed by atoms with E-state index in [0.29, 0.717) is 15.5 Å². The largest absolute Gasteiger partial charge is 0.478 e. The zero-order chi connectivity index (χ0) is 18.7. The topological polar surface area (TPSA) is 50.4 Å². The van der Waals surface area contributed by atoms with Crippen molar-refractivity contribution in [3.8, 4) is 0 Å². The standard InChI is InChI=1S/C22H20O3S/c1-3-5-17-19(10-8-15-7-4-6-14(2)12-15)25-20-11-9-16(22(23)24)13-18(20)21(17)26/h4,6-13H,3,5H2,1-2H3,(H,23,24). The summed E-state index contributed by atoms with van der Waals surface area (Å²) in [7, 11) is 0. The maximum absolute atomic E-state index is 11.2. The third kappa shape index (κ3) is 3.75. The molecule has 0 bridgehead atoms. The van der Waals surface area contributed by atoms with Crippen LogP contribution in [-0.2, 0) is 6.42 Å². The van der Waals surface area contributed by atoms with Gasteiger partial charge in [-0.3, -0.25) is 0 Å². The molecule has 0 radical (unpaired) electrons. The number of aromatic carboxylic acids is 1. The van der Waals surface area contributed by atoms with Crippen LogP contribution in [0.2, 0.25) is 0 Å². The highest BCUT2D eigenvalue weighted by molar-refractivity contribution is 7.71. The molecule has 4 heteroatoms. The average Bonchev–Trinajstić information content (AvgIpc) is 2.62. The molecular formula is C22H20O3S. The van der Waals surface area contributed by atoms with Gasteiger partial charge in [-0.1, -0.05) is 61.5 Å². The minimum atomic E-state index is -0.971. The molecule has 3 aromatic rings. The van der Waals surface area contributed by atoms with E-state index in [-0.39, 0.29) is 5.56 Å². The zero-order valence-corrected chi connectivity index (χ0v) is 15.6. The fraction of sp³-hybridized carbons (Fsp3) is 0.182. The van der Waals surface area contributed by atoms with Crippen molar-refractivity contribution in [2.75, 3.05) is 0 Å². The van der Waals surface area contributed by atoms with Crippen LogP contribution in [-0.4, -0.2) is 11.1 Å². The smallest absolute Gasteiger partial charge is 0.335 e. The number of aryl methyl sites for hydroxylation is 1. The Morgan fingerprint density at radius 3 is 2.69 bits per heavy atom. The highest BCUT2D eigenvalue weighted by Gasteiger charge is 2.12. The molecule has 0 aliphatic heterocycles. The van der Waals surface area contributed by atoms with E-state index >= 15 is 0 Å². The third-order valence-electron chi connectivity index (χ3n) is 4.23. The van der Waals surface area contributed by atoms with Gasteiger partial charge in [0.25, 0.3) is 0 Å². The minimum Gasteiger partial charge on any atom is -0.478 e. The molecule has 0 atom stereocenters. The molecule has 132 valence electrons. The number of carboxylic acids is 1. The molecule has 0 amide bonds. The number of rotatable bonds is 5. The lowest BCUT2D eigenvalue weighted by molar-refractivity contribution is 0.0697. The highest BCUT2D eigenvalue weighted by Crippen LogP contribution is 2.27. The summed E-state index contributed by atoms with van der Waals surface area (Å²) >= 11 is 5.66. The Labute approximate surface area is 157 Å². The minimum absolute atomic E-state index is 0.212. The first kappa shape index (κ1) is 18.1. The monoisotopic (exact) mass is 364 g/mol. The number of benzene rings is 2. The first-order valence-electron chi connectivity index (χ1n) is 8.57.